The van der Waals surface area contributed by atoms with Gasteiger partial charge in [-0.3, -0.25) is 15.0 Å². The van der Waals surface area contributed by atoms with Crippen molar-refractivity contribution in [2.75, 3.05) is 10.7 Å². The normalized spacial score (nSPS) is 17.3. The van der Waals surface area contributed by atoms with Crippen molar-refractivity contribution >= 4 is 28.8 Å². The molecule has 2 rings (SSSR count). The number of carbonyl (C=O) groups excluding carboxylic acids is 2. The van der Waals surface area contributed by atoms with E-state index < -0.39 is 0 Å². The Morgan fingerprint density at radius 1 is 1.11 bits per heavy atom. The predicted molar refractivity (Wildman–Crippen MR) is 75.3 cm³/mol. The number of rotatable bonds is 3. The second-order valence-electron chi connectivity index (χ2n) is 4.56. The van der Waals surface area contributed by atoms with E-state index in [9.17, 15) is 9.59 Å². The highest BCUT2D eigenvalue weighted by Gasteiger charge is 2.16. The summed E-state index contributed by atoms with van der Waals surface area (Å²) in [6.07, 6.45) is 3.33. The van der Waals surface area contributed by atoms with E-state index in [1.165, 1.54) is 6.92 Å². The molecular weight excluding hydrogens is 242 g/mol. The van der Waals surface area contributed by atoms with Crippen LogP contribution in [0.15, 0.2) is 29.4 Å². The molecular formula is C14H17N3O2. The molecule has 2 N–H and O–H groups in total. The molecule has 0 atom stereocenters. The molecule has 1 fully saturated rings. The van der Waals surface area contributed by atoms with Gasteiger partial charge in [-0.05, 0) is 43.5 Å². The zero-order chi connectivity index (χ0) is 13.7. The first kappa shape index (κ1) is 13.3. The maximum Gasteiger partial charge on any atom is 0.221 e. The second kappa shape index (κ2) is 6.13. The highest BCUT2D eigenvalue weighted by molar-refractivity contribution is 6.40. The molecule has 100 valence electrons. The van der Waals surface area contributed by atoms with E-state index in [0.717, 1.165) is 30.6 Å². The van der Waals surface area contributed by atoms with E-state index in [-0.39, 0.29) is 11.7 Å². The number of anilines is 2. The topological polar surface area (TPSA) is 70.6 Å². The SMILES string of the molecule is CC(=O)Nc1ccc(NN=C2CCCCC2=O)cc1. The molecule has 1 aromatic carbocycles. The molecule has 0 spiro atoms. The minimum absolute atomic E-state index is 0.103. The van der Waals surface area contributed by atoms with Crippen molar-refractivity contribution in [1.82, 2.24) is 0 Å². The van der Waals surface area contributed by atoms with Crippen LogP contribution in [-0.2, 0) is 9.59 Å². The van der Waals surface area contributed by atoms with Gasteiger partial charge >= 0.3 is 0 Å². The summed E-state index contributed by atoms with van der Waals surface area (Å²) in [5.74, 6) is 0.0300. The summed E-state index contributed by atoms with van der Waals surface area (Å²) in [7, 11) is 0. The lowest BCUT2D eigenvalue weighted by Crippen LogP contribution is -2.19. The van der Waals surface area contributed by atoms with Gasteiger partial charge in [-0.15, -0.1) is 0 Å². The Labute approximate surface area is 112 Å². The average Bonchev–Trinajstić information content (AvgIpc) is 2.39. The molecule has 0 radical (unpaired) electrons. The first-order chi connectivity index (χ1) is 9.15. The number of amides is 1. The summed E-state index contributed by atoms with van der Waals surface area (Å²) in [6.45, 7) is 1.47. The highest BCUT2D eigenvalue weighted by Crippen LogP contribution is 2.15. The van der Waals surface area contributed by atoms with Gasteiger partial charge in [-0.1, -0.05) is 0 Å². The summed E-state index contributed by atoms with van der Waals surface area (Å²) in [4.78, 5) is 22.5. The van der Waals surface area contributed by atoms with Crippen LogP contribution in [0.4, 0.5) is 11.4 Å². The smallest absolute Gasteiger partial charge is 0.221 e. The fourth-order valence-electron chi connectivity index (χ4n) is 1.94. The molecule has 1 amide bonds. The van der Waals surface area contributed by atoms with Crippen LogP contribution in [0.2, 0.25) is 0 Å². The van der Waals surface area contributed by atoms with Crippen LogP contribution in [0.3, 0.4) is 0 Å². The Bertz CT molecular complexity index is 506. The van der Waals surface area contributed by atoms with Crippen molar-refractivity contribution in [3.05, 3.63) is 24.3 Å². The highest BCUT2D eigenvalue weighted by atomic mass is 16.1. The molecule has 0 bridgehead atoms. The molecule has 5 heteroatoms. The third kappa shape index (κ3) is 3.91. The summed E-state index contributed by atoms with van der Waals surface area (Å²) < 4.78 is 0. The van der Waals surface area contributed by atoms with Crippen LogP contribution in [0, 0.1) is 0 Å². The quantitative estimate of drug-likeness (QED) is 0.819. The van der Waals surface area contributed by atoms with Crippen molar-refractivity contribution in [3.63, 3.8) is 0 Å². The first-order valence-electron chi connectivity index (χ1n) is 6.38. The van der Waals surface area contributed by atoms with Gasteiger partial charge in [0.2, 0.25) is 5.91 Å². The van der Waals surface area contributed by atoms with Crippen LogP contribution in [0.1, 0.15) is 32.6 Å². The summed E-state index contributed by atoms with van der Waals surface area (Å²) in [5.41, 5.74) is 5.03. The fraction of sp³-hybridized carbons (Fsp3) is 0.357. The Hall–Kier alpha value is -2.17. The van der Waals surface area contributed by atoms with Crippen LogP contribution >= 0.6 is 0 Å². The van der Waals surface area contributed by atoms with Gasteiger partial charge in [0.05, 0.1) is 5.69 Å². The standard InChI is InChI=1S/C14H17N3O2/c1-10(18)15-11-6-8-12(9-7-11)16-17-13-4-2-3-5-14(13)19/h6-9,16H,2-5H2,1H3,(H,15,18). The predicted octanol–water partition coefficient (Wildman–Crippen LogP) is 2.56. The van der Waals surface area contributed by atoms with Gasteiger partial charge < -0.3 is 5.32 Å². The zero-order valence-electron chi connectivity index (χ0n) is 10.9. The Balaban J connectivity index is 1.97. The van der Waals surface area contributed by atoms with E-state index in [1.807, 2.05) is 12.1 Å². The minimum Gasteiger partial charge on any atom is -0.326 e. The molecule has 0 aromatic heterocycles. The number of hydrogen-bond donors (Lipinski definition) is 2. The summed E-state index contributed by atoms with van der Waals surface area (Å²) in [5, 5.41) is 6.84. The molecule has 1 aliphatic carbocycles. The molecule has 0 heterocycles. The van der Waals surface area contributed by atoms with Crippen LogP contribution in [0.5, 0.6) is 0 Å². The van der Waals surface area contributed by atoms with Gasteiger partial charge in [-0.2, -0.15) is 5.10 Å². The van der Waals surface area contributed by atoms with E-state index in [0.29, 0.717) is 12.1 Å². The van der Waals surface area contributed by atoms with Gasteiger partial charge in [0, 0.05) is 19.0 Å². The fourth-order valence-corrected chi connectivity index (χ4v) is 1.94. The number of nitrogens with one attached hydrogen (secondary N) is 2. The summed E-state index contributed by atoms with van der Waals surface area (Å²) in [6, 6.07) is 7.19. The number of benzene rings is 1. The largest absolute Gasteiger partial charge is 0.326 e. The van der Waals surface area contributed by atoms with E-state index in [4.69, 9.17) is 0 Å². The maximum absolute atomic E-state index is 11.6. The van der Waals surface area contributed by atoms with Crippen molar-refractivity contribution < 1.29 is 9.59 Å². The number of ketones is 1. The number of hydrazone groups is 1. The molecule has 1 aliphatic rings. The number of hydrogen-bond acceptors (Lipinski definition) is 4. The Morgan fingerprint density at radius 3 is 2.37 bits per heavy atom. The van der Waals surface area contributed by atoms with Gasteiger partial charge in [0.1, 0.15) is 5.71 Å². The third-order valence-corrected chi connectivity index (χ3v) is 2.91. The van der Waals surface area contributed by atoms with E-state index in [2.05, 4.69) is 15.8 Å². The number of nitrogens with zero attached hydrogens (tertiary/aromatic N) is 1. The molecule has 0 unspecified atom stereocenters. The average molecular weight is 259 g/mol. The van der Waals surface area contributed by atoms with Crippen LogP contribution in [-0.4, -0.2) is 17.4 Å². The molecule has 5 nitrogen and oxygen atoms in total. The Kier molecular flexibility index (Phi) is 4.28. The van der Waals surface area contributed by atoms with E-state index >= 15 is 0 Å². The van der Waals surface area contributed by atoms with Crippen LogP contribution in [0.25, 0.3) is 0 Å². The van der Waals surface area contributed by atoms with Crippen molar-refractivity contribution in [2.45, 2.75) is 32.6 Å². The maximum atomic E-state index is 11.6. The molecule has 0 saturated heterocycles. The van der Waals surface area contributed by atoms with Gasteiger partial charge in [-0.25, -0.2) is 0 Å². The lowest BCUT2D eigenvalue weighted by Gasteiger charge is -2.11. The monoisotopic (exact) mass is 259 g/mol. The summed E-state index contributed by atoms with van der Waals surface area (Å²) >= 11 is 0. The molecule has 1 saturated carbocycles. The number of Topliss-reactive ketones (excluding diaryl/α,β-unsaturated/α-hetero) is 1. The first-order valence-corrected chi connectivity index (χ1v) is 6.38. The van der Waals surface area contributed by atoms with E-state index in [1.54, 1.807) is 12.1 Å². The molecule has 0 aliphatic heterocycles. The Morgan fingerprint density at radius 2 is 1.74 bits per heavy atom. The molecule has 1 aromatic rings. The lowest BCUT2D eigenvalue weighted by molar-refractivity contribution is -0.114. The van der Waals surface area contributed by atoms with Crippen molar-refractivity contribution in [1.29, 1.82) is 0 Å². The van der Waals surface area contributed by atoms with Gasteiger partial charge in [0.15, 0.2) is 5.78 Å². The minimum atomic E-state index is -0.103. The van der Waals surface area contributed by atoms with Crippen molar-refractivity contribution in [3.8, 4) is 0 Å². The van der Waals surface area contributed by atoms with Crippen LogP contribution < -0.4 is 10.7 Å². The zero-order valence-corrected chi connectivity index (χ0v) is 10.9. The second-order valence-corrected chi connectivity index (χ2v) is 4.56. The van der Waals surface area contributed by atoms with Crippen molar-refractivity contribution in [2.24, 2.45) is 5.10 Å². The third-order valence-electron chi connectivity index (χ3n) is 2.91. The molecule has 19 heavy (non-hydrogen) atoms. The van der Waals surface area contributed by atoms with Gasteiger partial charge in [0.25, 0.3) is 0 Å². The number of carbonyl (C=O) groups is 2. The lowest BCUT2D eigenvalue weighted by atomic mass is 9.97.